The highest BCUT2D eigenvalue weighted by atomic mass is 35.5. The molecule has 3 heterocycles. The van der Waals surface area contributed by atoms with Crippen molar-refractivity contribution in [3.05, 3.63) is 87.9 Å². The number of fused-ring (bicyclic) bond motifs is 1. The summed E-state index contributed by atoms with van der Waals surface area (Å²) in [6, 6.07) is 16.3. The Bertz CT molecular complexity index is 1920. The monoisotopic (exact) mass is 812 g/mol. The van der Waals surface area contributed by atoms with Crippen molar-refractivity contribution in [2.24, 2.45) is 0 Å². The van der Waals surface area contributed by atoms with Gasteiger partial charge in [0.15, 0.2) is 6.10 Å². The number of nitrogens with two attached hydrogens (primary N) is 1. The van der Waals surface area contributed by atoms with Gasteiger partial charge in [-0.3, -0.25) is 4.79 Å². The Hall–Kier alpha value is -5.18. The summed E-state index contributed by atoms with van der Waals surface area (Å²) in [5, 5.41) is 2.59. The summed E-state index contributed by atoms with van der Waals surface area (Å²) in [6.45, 7) is 4.74. The number of rotatable bonds is 12. The van der Waals surface area contributed by atoms with Crippen LogP contribution in [0.3, 0.4) is 0 Å². The topological polar surface area (TPSA) is 138 Å². The SMILES string of the molecule is CCCCCCOC(=O)c1ccc(N2CCN(C(=O)[C@@H](Cc3cc(Cl)c(N)c(C(F)(F)F)c3)OC(=O)N3CCC(N4Cc5ccccc5NC4=O)CC3)CC2)cc1. The molecule has 0 spiro atoms. The minimum Gasteiger partial charge on any atom is -0.462 e. The van der Waals surface area contributed by atoms with Crippen LogP contribution in [-0.4, -0.2) is 96.7 Å². The summed E-state index contributed by atoms with van der Waals surface area (Å²) < 4.78 is 52.9. The van der Waals surface area contributed by atoms with E-state index in [9.17, 15) is 32.3 Å². The van der Waals surface area contributed by atoms with E-state index in [2.05, 4.69) is 12.2 Å². The van der Waals surface area contributed by atoms with E-state index in [1.54, 1.807) is 17.0 Å². The molecule has 12 nitrogen and oxygen atoms in total. The zero-order valence-corrected chi connectivity index (χ0v) is 32.6. The highest BCUT2D eigenvalue weighted by molar-refractivity contribution is 6.33. The third-order valence-corrected chi connectivity index (χ3v) is 11.1. The van der Waals surface area contributed by atoms with Gasteiger partial charge in [-0.2, -0.15) is 13.2 Å². The van der Waals surface area contributed by atoms with Crippen molar-refractivity contribution in [1.29, 1.82) is 0 Å². The second kappa shape index (κ2) is 18.4. The van der Waals surface area contributed by atoms with Gasteiger partial charge in [0, 0.05) is 69.7 Å². The van der Waals surface area contributed by atoms with Crippen LogP contribution in [-0.2, 0) is 33.4 Å². The van der Waals surface area contributed by atoms with Crippen molar-refractivity contribution in [3.8, 4) is 0 Å². The van der Waals surface area contributed by atoms with Crippen LogP contribution in [0.15, 0.2) is 60.7 Å². The van der Waals surface area contributed by atoms with Crippen LogP contribution in [0.4, 0.5) is 39.8 Å². The average Bonchev–Trinajstić information content (AvgIpc) is 3.21. The van der Waals surface area contributed by atoms with Crippen molar-refractivity contribution < 1.29 is 41.8 Å². The second-order valence-electron chi connectivity index (χ2n) is 14.6. The molecule has 3 aromatic carbocycles. The molecule has 0 aromatic heterocycles. The molecule has 0 saturated carbocycles. The van der Waals surface area contributed by atoms with E-state index in [1.807, 2.05) is 41.3 Å². The van der Waals surface area contributed by atoms with Crippen molar-refractivity contribution in [2.75, 3.05) is 61.8 Å². The summed E-state index contributed by atoms with van der Waals surface area (Å²) in [7, 11) is 0. The van der Waals surface area contributed by atoms with Crippen LogP contribution < -0.4 is 16.0 Å². The number of esters is 1. The first kappa shape index (κ1) is 41.5. The van der Waals surface area contributed by atoms with E-state index in [1.165, 1.54) is 15.9 Å². The van der Waals surface area contributed by atoms with Crippen molar-refractivity contribution in [2.45, 2.75) is 76.7 Å². The van der Waals surface area contributed by atoms with Crippen molar-refractivity contribution in [1.82, 2.24) is 14.7 Å². The first-order valence-electron chi connectivity index (χ1n) is 19.4. The van der Waals surface area contributed by atoms with Crippen LogP contribution in [0.2, 0.25) is 5.02 Å². The van der Waals surface area contributed by atoms with E-state index < -0.39 is 35.5 Å². The van der Waals surface area contributed by atoms with Crippen LogP contribution in [0.25, 0.3) is 0 Å². The predicted octanol–water partition coefficient (Wildman–Crippen LogP) is 7.59. The molecule has 3 N–H and O–H groups in total. The fourth-order valence-corrected chi connectivity index (χ4v) is 7.71. The van der Waals surface area contributed by atoms with Crippen molar-refractivity contribution in [3.63, 3.8) is 0 Å². The molecular formula is C41H48ClF3N6O6. The number of benzene rings is 3. The molecule has 1 atom stereocenters. The number of nitrogen functional groups attached to an aromatic ring is 1. The Kier molecular flexibility index (Phi) is 13.4. The Labute approximate surface area is 335 Å². The van der Waals surface area contributed by atoms with E-state index in [4.69, 9.17) is 26.8 Å². The number of hydrogen-bond donors (Lipinski definition) is 2. The normalized spacial score (nSPS) is 16.8. The maximum atomic E-state index is 14.1. The number of alkyl halides is 3. The van der Waals surface area contributed by atoms with Gasteiger partial charge in [0.05, 0.1) is 28.4 Å². The molecule has 2 saturated heterocycles. The first-order chi connectivity index (χ1) is 27.3. The van der Waals surface area contributed by atoms with Gasteiger partial charge in [0.25, 0.3) is 5.91 Å². The molecule has 6 rings (SSSR count). The molecule has 3 aliphatic rings. The lowest BCUT2D eigenvalue weighted by atomic mass is 10.0. The number of amides is 4. The summed E-state index contributed by atoms with van der Waals surface area (Å²) in [6.07, 6.45) is -2.47. The van der Waals surface area contributed by atoms with Crippen LogP contribution in [0.5, 0.6) is 0 Å². The minimum absolute atomic E-state index is 0.0287. The number of carbonyl (C=O) groups excluding carboxylic acids is 4. The van der Waals surface area contributed by atoms with Gasteiger partial charge in [0.2, 0.25) is 0 Å². The lowest BCUT2D eigenvalue weighted by Gasteiger charge is -2.40. The molecule has 4 amide bonds. The quantitative estimate of drug-likeness (QED) is 0.109. The molecule has 16 heteroatoms. The summed E-state index contributed by atoms with van der Waals surface area (Å²) in [5.74, 6) is -0.941. The first-order valence-corrected chi connectivity index (χ1v) is 19.8. The maximum Gasteiger partial charge on any atom is 0.418 e. The molecule has 0 radical (unpaired) electrons. The number of para-hydroxylation sites is 1. The number of ether oxygens (including phenoxy) is 2. The Morgan fingerprint density at radius 2 is 1.63 bits per heavy atom. The van der Waals surface area contributed by atoms with Crippen LogP contribution in [0, 0.1) is 0 Å². The summed E-state index contributed by atoms with van der Waals surface area (Å²) in [5.41, 5.74) is 6.95. The third-order valence-electron chi connectivity index (χ3n) is 10.7. The Balaban J connectivity index is 1.09. The van der Waals surface area contributed by atoms with Gasteiger partial charge in [-0.15, -0.1) is 0 Å². The number of carbonyl (C=O) groups is 4. The molecule has 57 heavy (non-hydrogen) atoms. The second-order valence-corrected chi connectivity index (χ2v) is 15.0. The van der Waals surface area contributed by atoms with E-state index in [0.29, 0.717) is 44.6 Å². The van der Waals surface area contributed by atoms with Crippen molar-refractivity contribution >= 4 is 52.7 Å². The fraction of sp³-hybridized carbons (Fsp3) is 0.463. The number of unbranched alkanes of at least 4 members (excludes halogenated alkanes) is 3. The van der Waals surface area contributed by atoms with Gasteiger partial charge >= 0.3 is 24.3 Å². The van der Waals surface area contributed by atoms with Crippen LogP contribution in [0.1, 0.15) is 72.5 Å². The molecular weight excluding hydrogens is 765 g/mol. The lowest BCUT2D eigenvalue weighted by Crippen LogP contribution is -2.54. The standard InChI is InChI=1S/C41H48ClF3N6O6/c1-2-3-4-7-22-56-38(53)28-10-12-30(13-11-28)48-18-20-49(21-19-48)37(52)35(25-27-23-32(41(43,44)45)36(46)33(42)24-27)57-40(55)50-16-14-31(15-17-50)51-26-29-8-5-6-9-34(29)47-39(51)54/h5-6,8-13,23-24,31,35H,2-4,7,14-22,25-26,46H2,1H3,(H,47,54)/t35-/m1/s1. The van der Waals surface area contributed by atoms with E-state index >= 15 is 0 Å². The molecule has 3 aromatic rings. The number of nitrogens with one attached hydrogen (secondary N) is 1. The fourth-order valence-electron chi connectivity index (χ4n) is 7.47. The third kappa shape index (κ3) is 10.2. The van der Waals surface area contributed by atoms with Crippen LogP contribution >= 0.6 is 11.6 Å². The summed E-state index contributed by atoms with van der Waals surface area (Å²) >= 11 is 6.12. The van der Waals surface area contributed by atoms with Gasteiger partial charge in [-0.25, -0.2) is 14.4 Å². The highest BCUT2D eigenvalue weighted by Gasteiger charge is 2.38. The number of piperidine rings is 1. The number of halogens is 4. The van der Waals surface area contributed by atoms with Gasteiger partial charge in [-0.05, 0) is 72.9 Å². The van der Waals surface area contributed by atoms with Gasteiger partial charge < -0.3 is 40.1 Å². The molecule has 0 unspecified atom stereocenters. The molecule has 306 valence electrons. The van der Waals surface area contributed by atoms with E-state index in [-0.39, 0.29) is 61.2 Å². The molecule has 0 aliphatic carbocycles. The molecule has 0 bridgehead atoms. The number of nitrogens with zero attached hydrogens (tertiary/aromatic N) is 4. The lowest BCUT2D eigenvalue weighted by molar-refractivity contribution is -0.141. The Morgan fingerprint density at radius 1 is 0.930 bits per heavy atom. The smallest absolute Gasteiger partial charge is 0.418 e. The highest BCUT2D eigenvalue weighted by Crippen LogP contribution is 2.38. The minimum atomic E-state index is -4.80. The predicted molar refractivity (Wildman–Crippen MR) is 210 cm³/mol. The number of piperazine rings is 1. The largest absolute Gasteiger partial charge is 0.462 e. The van der Waals surface area contributed by atoms with Gasteiger partial charge in [0.1, 0.15) is 0 Å². The zero-order valence-electron chi connectivity index (χ0n) is 31.9. The average molecular weight is 813 g/mol. The number of anilines is 3. The Morgan fingerprint density at radius 3 is 2.32 bits per heavy atom. The summed E-state index contributed by atoms with van der Waals surface area (Å²) in [4.78, 5) is 59.9. The number of likely N-dealkylation sites (tertiary alicyclic amines) is 1. The molecule has 2 fully saturated rings. The number of hydrogen-bond acceptors (Lipinski definition) is 8. The van der Waals surface area contributed by atoms with Gasteiger partial charge in [-0.1, -0.05) is 56.0 Å². The molecule has 3 aliphatic heterocycles. The van der Waals surface area contributed by atoms with E-state index in [0.717, 1.165) is 48.7 Å². The zero-order chi connectivity index (χ0) is 40.7. The maximum absolute atomic E-state index is 14.1. The number of urea groups is 1.